The number of unbranched alkanes of at least 4 members (excludes halogenated alkanes) is 2. The summed E-state index contributed by atoms with van der Waals surface area (Å²) in [5.74, 6) is -0.297. The van der Waals surface area contributed by atoms with Crippen LogP contribution >= 0.6 is 12.8 Å². The summed E-state index contributed by atoms with van der Waals surface area (Å²) in [7, 11) is 0. The SMILES string of the molecule is NS.O=C(CCCCCc1ccccc1)NO. The molecule has 5 heteroatoms. The number of thiol groups is 1. The van der Waals surface area contributed by atoms with E-state index in [9.17, 15) is 4.79 Å². The maximum Gasteiger partial charge on any atom is 0.243 e. The average molecular weight is 256 g/mol. The molecule has 1 aromatic carbocycles. The van der Waals surface area contributed by atoms with Crippen LogP contribution in [0.15, 0.2) is 30.3 Å². The van der Waals surface area contributed by atoms with Crippen molar-refractivity contribution in [2.75, 3.05) is 0 Å². The molecule has 4 N–H and O–H groups in total. The number of hydrogen-bond donors (Lipinski definition) is 4. The van der Waals surface area contributed by atoms with Gasteiger partial charge in [0.1, 0.15) is 0 Å². The lowest BCUT2D eigenvalue weighted by molar-refractivity contribution is -0.129. The van der Waals surface area contributed by atoms with Crippen molar-refractivity contribution < 1.29 is 10.0 Å². The Balaban J connectivity index is 0.00000121. The third-order valence-electron chi connectivity index (χ3n) is 2.34. The van der Waals surface area contributed by atoms with Gasteiger partial charge in [0.25, 0.3) is 0 Å². The average Bonchev–Trinajstić information content (AvgIpc) is 2.41. The minimum absolute atomic E-state index is 0.297. The van der Waals surface area contributed by atoms with Gasteiger partial charge in [0, 0.05) is 6.42 Å². The zero-order valence-electron chi connectivity index (χ0n) is 9.80. The monoisotopic (exact) mass is 256 g/mol. The van der Waals surface area contributed by atoms with Crippen LogP contribution in [0.4, 0.5) is 0 Å². The number of nitrogens with two attached hydrogens (primary N) is 1. The van der Waals surface area contributed by atoms with Gasteiger partial charge in [-0.1, -0.05) is 36.8 Å². The summed E-state index contributed by atoms with van der Waals surface area (Å²) >= 11 is 3.03. The molecule has 1 aromatic rings. The minimum atomic E-state index is -0.297. The Labute approximate surface area is 108 Å². The molecule has 0 aliphatic rings. The largest absolute Gasteiger partial charge is 0.289 e. The zero-order chi connectivity index (χ0) is 12.9. The number of hydrogen-bond acceptors (Lipinski definition) is 4. The summed E-state index contributed by atoms with van der Waals surface area (Å²) in [6.07, 6.45) is 4.40. The van der Waals surface area contributed by atoms with E-state index in [-0.39, 0.29) is 5.91 Å². The number of aryl methyl sites for hydroxylation is 1. The zero-order valence-corrected chi connectivity index (χ0v) is 10.7. The van der Waals surface area contributed by atoms with Crippen LogP contribution < -0.4 is 10.6 Å². The van der Waals surface area contributed by atoms with E-state index in [1.807, 2.05) is 18.2 Å². The first-order chi connectivity index (χ1) is 8.33. The van der Waals surface area contributed by atoms with Crippen molar-refractivity contribution >= 4 is 18.7 Å². The third-order valence-corrected chi connectivity index (χ3v) is 2.34. The summed E-state index contributed by atoms with van der Waals surface area (Å²) in [6.45, 7) is 0. The van der Waals surface area contributed by atoms with E-state index in [0.717, 1.165) is 25.7 Å². The van der Waals surface area contributed by atoms with E-state index in [1.54, 1.807) is 5.48 Å². The lowest BCUT2D eigenvalue weighted by Crippen LogP contribution is -2.17. The number of nitrogens with one attached hydrogen (secondary N) is 1. The van der Waals surface area contributed by atoms with E-state index < -0.39 is 0 Å². The van der Waals surface area contributed by atoms with Crippen molar-refractivity contribution in [1.82, 2.24) is 5.48 Å². The fourth-order valence-corrected chi connectivity index (χ4v) is 1.49. The van der Waals surface area contributed by atoms with Crippen LogP contribution in [-0.2, 0) is 11.2 Å². The van der Waals surface area contributed by atoms with Crippen LogP contribution in [0.25, 0.3) is 0 Å². The first kappa shape index (κ1) is 16.0. The molecule has 0 saturated heterocycles. The molecule has 0 radical (unpaired) electrons. The van der Waals surface area contributed by atoms with Gasteiger partial charge in [-0.05, 0) is 24.8 Å². The van der Waals surface area contributed by atoms with E-state index >= 15 is 0 Å². The Morgan fingerprint density at radius 3 is 2.41 bits per heavy atom. The molecule has 0 bridgehead atoms. The van der Waals surface area contributed by atoms with Crippen LogP contribution in [0.2, 0.25) is 0 Å². The molecule has 0 spiro atoms. The summed E-state index contributed by atoms with van der Waals surface area (Å²) in [6, 6.07) is 10.3. The van der Waals surface area contributed by atoms with Crippen molar-refractivity contribution in [2.24, 2.45) is 5.14 Å². The third kappa shape index (κ3) is 8.74. The second kappa shape index (κ2) is 11.4. The van der Waals surface area contributed by atoms with E-state index in [2.05, 4.69) is 30.1 Å². The molecule has 0 atom stereocenters. The number of carbonyl (C=O) groups is 1. The Hall–Kier alpha value is -1.04. The highest BCUT2D eigenvalue weighted by Crippen LogP contribution is 2.07. The van der Waals surface area contributed by atoms with Gasteiger partial charge >= 0.3 is 0 Å². The predicted octanol–water partition coefficient (Wildman–Crippen LogP) is 2.08. The molecular formula is C12H20N2O2S. The second-order valence-corrected chi connectivity index (χ2v) is 3.58. The topological polar surface area (TPSA) is 75.4 Å². The van der Waals surface area contributed by atoms with Crippen molar-refractivity contribution in [3.8, 4) is 0 Å². The Morgan fingerprint density at radius 2 is 1.82 bits per heavy atom. The standard InChI is InChI=1S/C12H17NO2.H3NS/c14-12(13-15)10-6-2-5-9-11-7-3-1-4-8-11;1-2/h1,3-4,7-8,15H,2,5-6,9-10H2,(H,13,14);2H,1H2. The molecule has 0 fully saturated rings. The van der Waals surface area contributed by atoms with Gasteiger partial charge in [-0.3, -0.25) is 15.1 Å². The van der Waals surface area contributed by atoms with Gasteiger partial charge < -0.3 is 0 Å². The van der Waals surface area contributed by atoms with Gasteiger partial charge in [0.2, 0.25) is 5.91 Å². The Kier molecular flexibility index (Phi) is 10.7. The smallest absolute Gasteiger partial charge is 0.243 e. The van der Waals surface area contributed by atoms with Crippen molar-refractivity contribution in [3.05, 3.63) is 35.9 Å². The number of benzene rings is 1. The van der Waals surface area contributed by atoms with E-state index in [1.165, 1.54) is 5.56 Å². The summed E-state index contributed by atoms with van der Waals surface area (Å²) in [5, 5.41) is 12.5. The van der Waals surface area contributed by atoms with Gasteiger partial charge in [0.05, 0.1) is 0 Å². The number of carbonyl (C=O) groups excluding carboxylic acids is 1. The maximum atomic E-state index is 10.7. The quantitative estimate of drug-likeness (QED) is 0.272. The van der Waals surface area contributed by atoms with Gasteiger partial charge in [0.15, 0.2) is 0 Å². The van der Waals surface area contributed by atoms with Crippen molar-refractivity contribution in [3.63, 3.8) is 0 Å². The highest BCUT2D eigenvalue weighted by Gasteiger charge is 1.98. The molecule has 0 aromatic heterocycles. The van der Waals surface area contributed by atoms with Crippen LogP contribution in [0.5, 0.6) is 0 Å². The van der Waals surface area contributed by atoms with Crippen molar-refractivity contribution in [2.45, 2.75) is 32.1 Å². The summed E-state index contributed by atoms with van der Waals surface area (Å²) in [5.41, 5.74) is 2.97. The molecule has 17 heavy (non-hydrogen) atoms. The molecule has 0 unspecified atom stereocenters. The molecule has 96 valence electrons. The Bertz CT molecular complexity index is 294. The molecule has 4 nitrogen and oxygen atoms in total. The fraction of sp³-hybridized carbons (Fsp3) is 0.417. The van der Waals surface area contributed by atoms with E-state index in [0.29, 0.717) is 6.42 Å². The molecule has 0 saturated carbocycles. The van der Waals surface area contributed by atoms with Gasteiger partial charge in [-0.25, -0.2) is 5.48 Å². The highest BCUT2D eigenvalue weighted by atomic mass is 32.1. The van der Waals surface area contributed by atoms with Gasteiger partial charge in [-0.2, -0.15) is 0 Å². The van der Waals surface area contributed by atoms with E-state index in [4.69, 9.17) is 5.21 Å². The summed E-state index contributed by atoms with van der Waals surface area (Å²) < 4.78 is 0. The molecule has 1 amide bonds. The first-order valence-electron chi connectivity index (χ1n) is 5.55. The predicted molar refractivity (Wildman–Crippen MR) is 71.7 cm³/mol. The molecule has 0 aliphatic heterocycles. The number of hydroxylamine groups is 1. The lowest BCUT2D eigenvalue weighted by atomic mass is 10.1. The van der Waals surface area contributed by atoms with Crippen LogP contribution in [0.3, 0.4) is 0 Å². The fourth-order valence-electron chi connectivity index (χ4n) is 1.49. The summed E-state index contributed by atoms with van der Waals surface area (Å²) in [4.78, 5) is 10.7. The van der Waals surface area contributed by atoms with Crippen molar-refractivity contribution in [1.29, 1.82) is 0 Å². The first-order valence-corrected chi connectivity index (χ1v) is 6.07. The normalized spacial score (nSPS) is 9.12. The lowest BCUT2D eigenvalue weighted by Gasteiger charge is -2.01. The maximum absolute atomic E-state index is 10.7. The second-order valence-electron chi connectivity index (χ2n) is 3.58. The van der Waals surface area contributed by atoms with Gasteiger partial charge in [-0.15, -0.1) is 12.8 Å². The minimum Gasteiger partial charge on any atom is -0.289 e. The van der Waals surface area contributed by atoms with Crippen LogP contribution in [-0.4, -0.2) is 11.1 Å². The molecule has 0 heterocycles. The number of rotatable bonds is 6. The molecule has 0 aliphatic carbocycles. The number of amides is 1. The van der Waals surface area contributed by atoms with Crippen LogP contribution in [0, 0.1) is 0 Å². The van der Waals surface area contributed by atoms with Crippen LogP contribution in [0.1, 0.15) is 31.2 Å². The molecule has 1 rings (SSSR count). The highest BCUT2D eigenvalue weighted by molar-refractivity contribution is 7.77. The Morgan fingerprint density at radius 1 is 1.18 bits per heavy atom. The molecular weight excluding hydrogens is 236 g/mol.